The van der Waals surface area contributed by atoms with Gasteiger partial charge in [0.2, 0.25) is 0 Å². The van der Waals surface area contributed by atoms with Crippen molar-refractivity contribution in [3.05, 3.63) is 34.9 Å². The number of hydrogen-bond acceptors (Lipinski definition) is 2. The third-order valence-corrected chi connectivity index (χ3v) is 2.42. The Morgan fingerprint density at radius 2 is 2.00 bits per heavy atom. The standard InChI is InChI=1S/C13H14F2O2/c1-8-5-4-6-12(17-13(14)15)11(8)7-9(2)10(3)16/h4-7,13H,1-3H3/b9-7+. The van der Waals surface area contributed by atoms with Crippen LogP contribution in [0.25, 0.3) is 6.08 Å². The third kappa shape index (κ3) is 3.66. The summed E-state index contributed by atoms with van der Waals surface area (Å²) in [5.41, 5.74) is 1.79. The van der Waals surface area contributed by atoms with Crippen LogP contribution < -0.4 is 4.74 Å². The van der Waals surface area contributed by atoms with E-state index in [0.717, 1.165) is 5.56 Å². The van der Waals surface area contributed by atoms with E-state index < -0.39 is 6.61 Å². The zero-order valence-electron chi connectivity index (χ0n) is 9.96. The van der Waals surface area contributed by atoms with Crippen molar-refractivity contribution in [2.45, 2.75) is 27.4 Å². The Balaban J connectivity index is 3.21. The van der Waals surface area contributed by atoms with Gasteiger partial charge in [0, 0.05) is 5.56 Å². The predicted molar refractivity (Wildman–Crippen MR) is 62.1 cm³/mol. The molecular formula is C13H14F2O2. The summed E-state index contributed by atoms with van der Waals surface area (Å²) >= 11 is 0. The molecule has 0 bridgehead atoms. The number of hydrogen-bond donors (Lipinski definition) is 0. The zero-order chi connectivity index (χ0) is 13.0. The van der Waals surface area contributed by atoms with Crippen LogP contribution in [-0.4, -0.2) is 12.4 Å². The van der Waals surface area contributed by atoms with Crippen LogP contribution >= 0.6 is 0 Å². The maximum Gasteiger partial charge on any atom is 0.387 e. The number of rotatable bonds is 4. The van der Waals surface area contributed by atoms with Gasteiger partial charge in [-0.05, 0) is 44.1 Å². The first-order chi connectivity index (χ1) is 7.91. The molecule has 0 spiro atoms. The smallest absolute Gasteiger partial charge is 0.387 e. The maximum absolute atomic E-state index is 12.2. The number of ketones is 1. The minimum absolute atomic E-state index is 0.0839. The minimum Gasteiger partial charge on any atom is -0.434 e. The Labute approximate surface area is 98.9 Å². The molecule has 0 aliphatic rings. The van der Waals surface area contributed by atoms with Gasteiger partial charge in [0.1, 0.15) is 5.75 Å². The van der Waals surface area contributed by atoms with E-state index in [-0.39, 0.29) is 11.5 Å². The Morgan fingerprint density at radius 3 is 2.53 bits per heavy atom. The Kier molecular flexibility index (Phi) is 4.37. The summed E-state index contributed by atoms with van der Waals surface area (Å²) in [6.07, 6.45) is 1.56. The quantitative estimate of drug-likeness (QED) is 0.752. The topological polar surface area (TPSA) is 26.3 Å². The van der Waals surface area contributed by atoms with Gasteiger partial charge in [-0.1, -0.05) is 12.1 Å². The molecule has 92 valence electrons. The SMILES string of the molecule is CC(=O)/C(C)=C/c1c(C)cccc1OC(F)F. The van der Waals surface area contributed by atoms with E-state index in [9.17, 15) is 13.6 Å². The van der Waals surface area contributed by atoms with Crippen LogP contribution in [-0.2, 0) is 4.79 Å². The summed E-state index contributed by atoms with van der Waals surface area (Å²) in [5, 5.41) is 0. The van der Waals surface area contributed by atoms with Crippen LogP contribution in [0.1, 0.15) is 25.0 Å². The van der Waals surface area contributed by atoms with E-state index in [1.165, 1.54) is 13.0 Å². The van der Waals surface area contributed by atoms with Gasteiger partial charge in [-0.2, -0.15) is 8.78 Å². The molecule has 0 aliphatic heterocycles. The molecule has 0 aliphatic carbocycles. The van der Waals surface area contributed by atoms with Crippen molar-refractivity contribution >= 4 is 11.9 Å². The van der Waals surface area contributed by atoms with Crippen molar-refractivity contribution in [2.24, 2.45) is 0 Å². The van der Waals surface area contributed by atoms with Crippen LogP contribution in [0.15, 0.2) is 23.8 Å². The molecule has 2 nitrogen and oxygen atoms in total. The molecule has 0 unspecified atom stereocenters. The van der Waals surface area contributed by atoms with Crippen LogP contribution in [0, 0.1) is 6.92 Å². The second-order valence-electron chi connectivity index (χ2n) is 3.75. The highest BCUT2D eigenvalue weighted by Gasteiger charge is 2.10. The normalized spacial score (nSPS) is 11.8. The average Bonchev–Trinajstić information content (AvgIpc) is 2.22. The van der Waals surface area contributed by atoms with Crippen molar-refractivity contribution < 1.29 is 18.3 Å². The van der Waals surface area contributed by atoms with Crippen molar-refractivity contribution in [3.63, 3.8) is 0 Å². The third-order valence-electron chi connectivity index (χ3n) is 2.42. The van der Waals surface area contributed by atoms with E-state index in [1.54, 1.807) is 32.1 Å². The molecule has 1 aromatic carbocycles. The number of ether oxygens (including phenoxy) is 1. The Morgan fingerprint density at radius 1 is 1.35 bits per heavy atom. The van der Waals surface area contributed by atoms with Gasteiger partial charge in [-0.15, -0.1) is 0 Å². The molecule has 0 heterocycles. The molecule has 1 aromatic rings. The molecule has 0 radical (unpaired) electrons. The highest BCUT2D eigenvalue weighted by Crippen LogP contribution is 2.26. The van der Waals surface area contributed by atoms with Gasteiger partial charge >= 0.3 is 6.61 Å². The molecule has 0 amide bonds. The summed E-state index contributed by atoms with van der Waals surface area (Å²) in [6.45, 7) is 1.97. The molecule has 0 aromatic heterocycles. The molecule has 1 rings (SSSR count). The first kappa shape index (κ1) is 13.4. The van der Waals surface area contributed by atoms with Crippen LogP contribution in [0.3, 0.4) is 0 Å². The number of halogens is 2. The second-order valence-corrected chi connectivity index (χ2v) is 3.75. The summed E-state index contributed by atoms with van der Waals surface area (Å²) in [5.74, 6) is -0.0168. The highest BCUT2D eigenvalue weighted by atomic mass is 19.3. The Hall–Kier alpha value is -1.71. The lowest BCUT2D eigenvalue weighted by Gasteiger charge is -2.10. The van der Waals surface area contributed by atoms with Crippen LogP contribution in [0.4, 0.5) is 8.78 Å². The number of allylic oxidation sites excluding steroid dienone is 1. The van der Waals surface area contributed by atoms with Crippen molar-refractivity contribution in [3.8, 4) is 5.75 Å². The summed E-state index contributed by atoms with van der Waals surface area (Å²) in [6, 6.07) is 4.86. The number of carbonyl (C=O) groups is 1. The summed E-state index contributed by atoms with van der Waals surface area (Å²) in [4.78, 5) is 11.1. The van der Waals surface area contributed by atoms with E-state index in [4.69, 9.17) is 0 Å². The number of aryl methyl sites for hydroxylation is 1. The maximum atomic E-state index is 12.2. The lowest BCUT2D eigenvalue weighted by molar-refractivity contribution is -0.113. The Bertz CT molecular complexity index is 451. The molecule has 0 atom stereocenters. The van der Waals surface area contributed by atoms with E-state index in [2.05, 4.69) is 4.74 Å². The molecule has 17 heavy (non-hydrogen) atoms. The van der Waals surface area contributed by atoms with Gasteiger partial charge in [-0.3, -0.25) is 4.79 Å². The van der Waals surface area contributed by atoms with E-state index in [0.29, 0.717) is 11.1 Å². The number of benzene rings is 1. The molecule has 0 saturated carbocycles. The first-order valence-electron chi connectivity index (χ1n) is 5.15. The van der Waals surface area contributed by atoms with Gasteiger partial charge in [-0.25, -0.2) is 0 Å². The lowest BCUT2D eigenvalue weighted by Crippen LogP contribution is -2.04. The monoisotopic (exact) mass is 240 g/mol. The van der Waals surface area contributed by atoms with Gasteiger partial charge in [0.15, 0.2) is 5.78 Å². The molecular weight excluding hydrogens is 226 g/mol. The number of Topliss-reactive ketones (excluding diaryl/α,β-unsaturated/α-hetero) is 1. The molecule has 0 saturated heterocycles. The zero-order valence-corrected chi connectivity index (χ0v) is 9.96. The molecule has 0 fully saturated rings. The fourth-order valence-electron chi connectivity index (χ4n) is 1.36. The van der Waals surface area contributed by atoms with E-state index in [1.807, 2.05) is 0 Å². The molecule has 0 N–H and O–H groups in total. The van der Waals surface area contributed by atoms with Gasteiger partial charge in [0.25, 0.3) is 0 Å². The summed E-state index contributed by atoms with van der Waals surface area (Å²) < 4.78 is 28.9. The largest absolute Gasteiger partial charge is 0.434 e. The van der Waals surface area contributed by atoms with Gasteiger partial charge in [0.05, 0.1) is 0 Å². The van der Waals surface area contributed by atoms with Crippen LogP contribution in [0.2, 0.25) is 0 Å². The van der Waals surface area contributed by atoms with Crippen molar-refractivity contribution in [1.82, 2.24) is 0 Å². The van der Waals surface area contributed by atoms with Crippen LogP contribution in [0.5, 0.6) is 5.75 Å². The van der Waals surface area contributed by atoms with Gasteiger partial charge < -0.3 is 4.74 Å². The van der Waals surface area contributed by atoms with E-state index >= 15 is 0 Å². The number of alkyl halides is 2. The number of carbonyl (C=O) groups excluding carboxylic acids is 1. The summed E-state index contributed by atoms with van der Waals surface area (Å²) in [7, 11) is 0. The highest BCUT2D eigenvalue weighted by molar-refractivity contribution is 5.97. The fourth-order valence-corrected chi connectivity index (χ4v) is 1.36. The lowest BCUT2D eigenvalue weighted by atomic mass is 10.0. The van der Waals surface area contributed by atoms with Crippen molar-refractivity contribution in [2.75, 3.05) is 0 Å². The second kappa shape index (κ2) is 5.57. The fraction of sp³-hybridized carbons (Fsp3) is 0.308. The molecule has 4 heteroatoms. The average molecular weight is 240 g/mol. The first-order valence-corrected chi connectivity index (χ1v) is 5.15. The minimum atomic E-state index is -2.87. The predicted octanol–water partition coefficient (Wildman–Crippen LogP) is 3.59. The van der Waals surface area contributed by atoms with Crippen molar-refractivity contribution in [1.29, 1.82) is 0 Å².